The largest absolute Gasteiger partial charge is 0.312 e. The number of nitrogens with zero attached hydrogens (tertiary/aromatic N) is 1. The number of hydrogen-bond acceptors (Lipinski definition) is 3. The van der Waals surface area contributed by atoms with Crippen molar-refractivity contribution in [1.29, 1.82) is 5.26 Å². The lowest BCUT2D eigenvalue weighted by Crippen LogP contribution is -2.04. The SMILES string of the molecule is N#CC(N)c1ccc(Br)s1. The molecule has 1 aromatic rings. The minimum atomic E-state index is -0.476. The van der Waals surface area contributed by atoms with Crippen molar-refractivity contribution < 1.29 is 0 Å². The summed E-state index contributed by atoms with van der Waals surface area (Å²) in [6.07, 6.45) is 0. The Balaban J connectivity index is 2.87. The molecule has 0 aromatic carbocycles. The first-order valence-corrected chi connectivity index (χ1v) is 4.25. The van der Waals surface area contributed by atoms with Crippen LogP contribution in [0.25, 0.3) is 0 Å². The van der Waals surface area contributed by atoms with Crippen LogP contribution >= 0.6 is 27.3 Å². The molecule has 0 aliphatic carbocycles. The molecule has 1 rings (SSSR count). The summed E-state index contributed by atoms with van der Waals surface area (Å²) in [6, 6.07) is 5.22. The van der Waals surface area contributed by atoms with Crippen molar-refractivity contribution in [1.82, 2.24) is 0 Å². The molecule has 0 spiro atoms. The topological polar surface area (TPSA) is 49.8 Å². The summed E-state index contributed by atoms with van der Waals surface area (Å²) < 4.78 is 1.01. The molecule has 1 heterocycles. The lowest BCUT2D eigenvalue weighted by atomic mass is 10.3. The first-order chi connectivity index (χ1) is 4.74. The average molecular weight is 217 g/mol. The van der Waals surface area contributed by atoms with Gasteiger partial charge in [-0.25, -0.2) is 0 Å². The summed E-state index contributed by atoms with van der Waals surface area (Å²) >= 11 is 4.77. The monoisotopic (exact) mass is 216 g/mol. The lowest BCUT2D eigenvalue weighted by molar-refractivity contribution is 0.951. The molecule has 4 heteroatoms. The average Bonchev–Trinajstić information content (AvgIpc) is 2.34. The van der Waals surface area contributed by atoms with Gasteiger partial charge in [0.1, 0.15) is 6.04 Å². The maximum Gasteiger partial charge on any atom is 0.128 e. The summed E-state index contributed by atoms with van der Waals surface area (Å²) in [6.45, 7) is 0. The normalized spacial score (nSPS) is 12.5. The molecule has 1 atom stereocenters. The fourth-order valence-electron chi connectivity index (χ4n) is 0.559. The minimum Gasteiger partial charge on any atom is -0.312 e. The first kappa shape index (κ1) is 7.73. The Morgan fingerprint density at radius 1 is 1.70 bits per heavy atom. The van der Waals surface area contributed by atoms with Crippen LogP contribution in [0.2, 0.25) is 0 Å². The highest BCUT2D eigenvalue weighted by Gasteiger charge is 2.05. The molecule has 1 unspecified atom stereocenters. The fourth-order valence-corrected chi connectivity index (χ4v) is 1.93. The predicted molar refractivity (Wildman–Crippen MR) is 44.6 cm³/mol. The maximum absolute atomic E-state index is 8.41. The van der Waals surface area contributed by atoms with E-state index in [-0.39, 0.29) is 0 Å². The molecule has 52 valence electrons. The van der Waals surface area contributed by atoms with E-state index < -0.39 is 6.04 Å². The Kier molecular flexibility index (Phi) is 2.44. The second-order valence-electron chi connectivity index (χ2n) is 1.75. The number of halogens is 1. The number of rotatable bonds is 1. The smallest absolute Gasteiger partial charge is 0.128 e. The highest BCUT2D eigenvalue weighted by atomic mass is 79.9. The van der Waals surface area contributed by atoms with Gasteiger partial charge >= 0.3 is 0 Å². The van der Waals surface area contributed by atoms with Crippen molar-refractivity contribution in [3.8, 4) is 6.07 Å². The van der Waals surface area contributed by atoms with Gasteiger partial charge in [0, 0.05) is 4.88 Å². The van der Waals surface area contributed by atoms with Crippen molar-refractivity contribution in [2.45, 2.75) is 6.04 Å². The second-order valence-corrected chi connectivity index (χ2v) is 4.24. The van der Waals surface area contributed by atoms with Crippen molar-refractivity contribution in [3.63, 3.8) is 0 Å². The van der Waals surface area contributed by atoms with Gasteiger partial charge in [-0.05, 0) is 28.1 Å². The van der Waals surface area contributed by atoms with Crippen molar-refractivity contribution in [2.24, 2.45) is 5.73 Å². The molecule has 1 aromatic heterocycles. The van der Waals surface area contributed by atoms with E-state index in [9.17, 15) is 0 Å². The molecule has 2 N–H and O–H groups in total. The van der Waals surface area contributed by atoms with Crippen LogP contribution in [0.4, 0.5) is 0 Å². The minimum absolute atomic E-state index is 0.476. The quantitative estimate of drug-likeness (QED) is 0.782. The standard InChI is InChI=1S/C6H5BrN2S/c7-6-2-1-5(10-6)4(9)3-8/h1-2,4H,9H2. The van der Waals surface area contributed by atoms with Crippen molar-refractivity contribution in [3.05, 3.63) is 20.8 Å². The maximum atomic E-state index is 8.41. The van der Waals surface area contributed by atoms with Crippen LogP contribution in [-0.4, -0.2) is 0 Å². The Hall–Kier alpha value is -0.370. The third-order valence-corrected chi connectivity index (χ3v) is 2.75. The molecule has 2 nitrogen and oxygen atoms in total. The first-order valence-electron chi connectivity index (χ1n) is 2.64. The van der Waals surface area contributed by atoms with Gasteiger partial charge in [0.2, 0.25) is 0 Å². The second kappa shape index (κ2) is 3.15. The molecule has 0 amide bonds. The van der Waals surface area contributed by atoms with Gasteiger partial charge in [0.05, 0.1) is 9.86 Å². The lowest BCUT2D eigenvalue weighted by Gasteiger charge is -1.93. The Morgan fingerprint density at radius 2 is 2.40 bits per heavy atom. The van der Waals surface area contributed by atoms with E-state index in [1.54, 1.807) is 0 Å². The van der Waals surface area contributed by atoms with Crippen LogP contribution in [0.5, 0.6) is 0 Å². The van der Waals surface area contributed by atoms with Crippen LogP contribution < -0.4 is 5.73 Å². The molecular formula is C6H5BrN2S. The highest BCUT2D eigenvalue weighted by molar-refractivity contribution is 9.11. The molecule has 0 saturated heterocycles. The van der Waals surface area contributed by atoms with Crippen LogP contribution in [0.15, 0.2) is 15.9 Å². The van der Waals surface area contributed by atoms with E-state index in [1.165, 1.54) is 11.3 Å². The van der Waals surface area contributed by atoms with E-state index in [4.69, 9.17) is 11.0 Å². The Labute approximate surface area is 71.4 Å². The van der Waals surface area contributed by atoms with Crippen molar-refractivity contribution in [2.75, 3.05) is 0 Å². The van der Waals surface area contributed by atoms with Gasteiger partial charge in [0.25, 0.3) is 0 Å². The van der Waals surface area contributed by atoms with Gasteiger partial charge in [0.15, 0.2) is 0 Å². The number of thiophene rings is 1. The summed E-state index contributed by atoms with van der Waals surface area (Å²) in [7, 11) is 0. The number of nitriles is 1. The molecular weight excluding hydrogens is 212 g/mol. The van der Waals surface area contributed by atoms with Crippen LogP contribution in [-0.2, 0) is 0 Å². The van der Waals surface area contributed by atoms with Crippen molar-refractivity contribution >= 4 is 27.3 Å². The van der Waals surface area contributed by atoms with Gasteiger partial charge < -0.3 is 5.73 Å². The van der Waals surface area contributed by atoms with Crippen LogP contribution in [0.1, 0.15) is 10.9 Å². The molecule has 0 fully saturated rings. The van der Waals surface area contributed by atoms with Crippen LogP contribution in [0, 0.1) is 11.3 Å². The van der Waals surface area contributed by atoms with E-state index >= 15 is 0 Å². The van der Waals surface area contributed by atoms with Gasteiger partial charge in [-0.1, -0.05) is 0 Å². The van der Waals surface area contributed by atoms with E-state index in [1.807, 2.05) is 18.2 Å². The molecule has 0 aliphatic rings. The van der Waals surface area contributed by atoms with E-state index in [2.05, 4.69) is 15.9 Å². The zero-order valence-electron chi connectivity index (χ0n) is 5.04. The van der Waals surface area contributed by atoms with Gasteiger partial charge in [-0.3, -0.25) is 0 Å². The fraction of sp³-hybridized carbons (Fsp3) is 0.167. The molecule has 0 radical (unpaired) electrons. The van der Waals surface area contributed by atoms with Gasteiger partial charge in [-0.2, -0.15) is 5.26 Å². The Bertz CT molecular complexity index is 263. The predicted octanol–water partition coefficient (Wildman–Crippen LogP) is 2.03. The van der Waals surface area contributed by atoms with E-state index in [0.717, 1.165) is 8.66 Å². The van der Waals surface area contributed by atoms with Crippen LogP contribution in [0.3, 0.4) is 0 Å². The third kappa shape index (κ3) is 1.57. The summed E-state index contributed by atoms with van der Waals surface area (Å²) in [4.78, 5) is 0.898. The summed E-state index contributed by atoms with van der Waals surface area (Å²) in [5.41, 5.74) is 5.44. The zero-order chi connectivity index (χ0) is 7.56. The molecule has 10 heavy (non-hydrogen) atoms. The Morgan fingerprint density at radius 3 is 2.80 bits per heavy atom. The summed E-state index contributed by atoms with van der Waals surface area (Å²) in [5.74, 6) is 0. The van der Waals surface area contributed by atoms with E-state index in [0.29, 0.717) is 0 Å². The third-order valence-electron chi connectivity index (χ3n) is 1.04. The summed E-state index contributed by atoms with van der Waals surface area (Å²) in [5, 5.41) is 8.41. The number of nitrogens with two attached hydrogens (primary N) is 1. The molecule has 0 aliphatic heterocycles. The zero-order valence-corrected chi connectivity index (χ0v) is 7.45. The number of hydrogen-bond donors (Lipinski definition) is 1. The molecule has 0 saturated carbocycles. The molecule has 0 bridgehead atoms. The highest BCUT2D eigenvalue weighted by Crippen LogP contribution is 2.25. The van der Waals surface area contributed by atoms with Gasteiger partial charge in [-0.15, -0.1) is 11.3 Å².